The molecule has 59 heavy (non-hydrogen) atoms. The van der Waals surface area contributed by atoms with E-state index >= 15 is 0 Å². The van der Waals surface area contributed by atoms with Gasteiger partial charge in [0.2, 0.25) is 0 Å². The van der Waals surface area contributed by atoms with Gasteiger partial charge in [-0.3, -0.25) is 0 Å². The summed E-state index contributed by atoms with van der Waals surface area (Å²) in [4.78, 5) is 10.6. The Kier molecular flexibility index (Phi) is 7.54. The van der Waals surface area contributed by atoms with Crippen LogP contribution in [0.3, 0.4) is 0 Å². The van der Waals surface area contributed by atoms with Gasteiger partial charge in [0.05, 0.1) is 39.1 Å². The molecule has 0 aliphatic rings. The SMILES string of the molecule is c1ccc(-c2nc3ccccc3nc2-c2cccc3c(-n4c5cc(-c6ccccc6)c6ccccc6c5c5c6ccccc6c(-c6ccccc6)cc54)cccc23)cc1. The van der Waals surface area contributed by atoms with Gasteiger partial charge in [0.25, 0.3) is 0 Å². The van der Waals surface area contributed by atoms with Gasteiger partial charge >= 0.3 is 0 Å². The second kappa shape index (κ2) is 13.4. The normalized spacial score (nSPS) is 11.7. The van der Waals surface area contributed by atoms with Crippen molar-refractivity contribution in [3.63, 3.8) is 0 Å². The lowest BCUT2D eigenvalue weighted by molar-refractivity contribution is 1.20. The molecule has 3 heteroatoms. The van der Waals surface area contributed by atoms with Crippen LogP contribution in [0.4, 0.5) is 0 Å². The summed E-state index contributed by atoms with van der Waals surface area (Å²) in [6.45, 7) is 0. The highest BCUT2D eigenvalue weighted by Gasteiger charge is 2.23. The number of fused-ring (bicyclic) bond motifs is 9. The van der Waals surface area contributed by atoms with Gasteiger partial charge in [-0.15, -0.1) is 0 Å². The molecule has 12 aromatic rings. The fourth-order valence-corrected chi connectivity index (χ4v) is 9.38. The van der Waals surface area contributed by atoms with Crippen molar-refractivity contribution in [3.8, 4) is 50.5 Å². The lowest BCUT2D eigenvalue weighted by Crippen LogP contribution is -1.99. The minimum Gasteiger partial charge on any atom is -0.309 e. The van der Waals surface area contributed by atoms with Gasteiger partial charge in [-0.05, 0) is 79.5 Å². The zero-order valence-corrected chi connectivity index (χ0v) is 32.0. The molecule has 0 saturated carbocycles. The highest BCUT2D eigenvalue weighted by molar-refractivity contribution is 6.32. The first-order chi connectivity index (χ1) is 29.3. The first-order valence-corrected chi connectivity index (χ1v) is 20.2. The first-order valence-electron chi connectivity index (χ1n) is 20.2. The molecule has 274 valence electrons. The van der Waals surface area contributed by atoms with Crippen molar-refractivity contribution in [3.05, 3.63) is 212 Å². The predicted molar refractivity (Wildman–Crippen MR) is 248 cm³/mol. The van der Waals surface area contributed by atoms with Gasteiger partial charge in [0, 0.05) is 27.3 Å². The summed E-state index contributed by atoms with van der Waals surface area (Å²) in [6.07, 6.45) is 0. The molecule has 0 atom stereocenters. The minimum absolute atomic E-state index is 0.870. The standard InChI is InChI=1S/C56H35N3/c1-4-18-36(19-5-1)46-34-51-53(43-26-12-10-24-40(43)46)54-44-27-13-11-25-41(44)47(37-20-6-2-7-21-37)35-52(54)59(51)50-33-17-28-39-42(50)29-16-30-45(39)56-55(38-22-8-3-9-23-38)57-48-31-14-15-32-49(48)58-56/h1-35H. The Morgan fingerprint density at radius 3 is 1.25 bits per heavy atom. The van der Waals surface area contributed by atoms with Crippen LogP contribution in [0.1, 0.15) is 0 Å². The summed E-state index contributed by atoms with van der Waals surface area (Å²) in [5.74, 6) is 0. The summed E-state index contributed by atoms with van der Waals surface area (Å²) in [5, 5.41) is 9.73. The molecule has 0 unspecified atom stereocenters. The topological polar surface area (TPSA) is 30.7 Å². The van der Waals surface area contributed by atoms with E-state index in [1.54, 1.807) is 0 Å². The van der Waals surface area contributed by atoms with E-state index in [1.807, 2.05) is 24.3 Å². The highest BCUT2D eigenvalue weighted by atomic mass is 15.0. The van der Waals surface area contributed by atoms with Crippen LogP contribution < -0.4 is 0 Å². The van der Waals surface area contributed by atoms with Crippen molar-refractivity contribution in [2.45, 2.75) is 0 Å². The Labute approximate surface area is 341 Å². The van der Waals surface area contributed by atoms with Gasteiger partial charge in [0.1, 0.15) is 0 Å². The molecule has 0 saturated heterocycles. The van der Waals surface area contributed by atoms with E-state index in [-0.39, 0.29) is 0 Å². The van der Waals surface area contributed by atoms with Gasteiger partial charge in [0.15, 0.2) is 0 Å². The molecule has 2 aromatic heterocycles. The fourth-order valence-electron chi connectivity index (χ4n) is 9.38. The number of nitrogens with zero attached hydrogens (tertiary/aromatic N) is 3. The molecule has 3 nitrogen and oxygen atoms in total. The second-order valence-electron chi connectivity index (χ2n) is 15.2. The van der Waals surface area contributed by atoms with Crippen LogP contribution in [0.5, 0.6) is 0 Å². The Balaban J connectivity index is 1.24. The molecule has 10 aromatic carbocycles. The van der Waals surface area contributed by atoms with E-state index in [0.29, 0.717) is 0 Å². The molecule has 0 radical (unpaired) electrons. The highest BCUT2D eigenvalue weighted by Crippen LogP contribution is 2.47. The van der Waals surface area contributed by atoms with E-state index < -0.39 is 0 Å². The largest absolute Gasteiger partial charge is 0.309 e. The number of hydrogen-bond acceptors (Lipinski definition) is 2. The quantitative estimate of drug-likeness (QED) is 0.175. The average Bonchev–Trinajstić information content (AvgIpc) is 3.65. The molecule has 0 aliphatic heterocycles. The predicted octanol–water partition coefficient (Wildman–Crippen LogP) is 14.9. The summed E-state index contributed by atoms with van der Waals surface area (Å²) in [7, 11) is 0. The van der Waals surface area contributed by atoms with Gasteiger partial charge in [-0.25, -0.2) is 9.97 Å². The Morgan fingerprint density at radius 1 is 0.288 bits per heavy atom. The van der Waals surface area contributed by atoms with Gasteiger partial charge in [-0.1, -0.05) is 182 Å². The number of para-hydroxylation sites is 2. The van der Waals surface area contributed by atoms with E-state index in [9.17, 15) is 0 Å². The second-order valence-corrected chi connectivity index (χ2v) is 15.2. The van der Waals surface area contributed by atoms with Crippen LogP contribution >= 0.6 is 0 Å². The van der Waals surface area contributed by atoms with Crippen molar-refractivity contribution in [1.82, 2.24) is 14.5 Å². The number of aromatic nitrogens is 3. The summed E-state index contributed by atoms with van der Waals surface area (Å²) in [6, 6.07) is 76.3. The van der Waals surface area contributed by atoms with E-state index in [4.69, 9.17) is 9.97 Å². The average molecular weight is 750 g/mol. The smallest absolute Gasteiger partial charge is 0.0979 e. The third kappa shape index (κ3) is 5.22. The van der Waals surface area contributed by atoms with Gasteiger partial charge in [-0.2, -0.15) is 0 Å². The summed E-state index contributed by atoms with van der Waals surface area (Å²) >= 11 is 0. The molecule has 2 heterocycles. The summed E-state index contributed by atoms with van der Waals surface area (Å²) < 4.78 is 2.53. The maximum absolute atomic E-state index is 5.35. The van der Waals surface area contributed by atoms with Crippen LogP contribution in [0.25, 0.3) is 116 Å². The number of rotatable bonds is 5. The lowest BCUT2D eigenvalue weighted by atomic mass is 9.92. The zero-order valence-electron chi connectivity index (χ0n) is 32.0. The van der Waals surface area contributed by atoms with Crippen LogP contribution in [-0.2, 0) is 0 Å². The fraction of sp³-hybridized carbons (Fsp3) is 0. The van der Waals surface area contributed by atoms with Gasteiger partial charge < -0.3 is 4.57 Å². The molecule has 0 spiro atoms. The summed E-state index contributed by atoms with van der Waals surface area (Å²) in [5.41, 5.74) is 13.8. The Bertz CT molecular complexity index is 3450. The zero-order chi connectivity index (χ0) is 38.9. The Hall–Kier alpha value is -7.88. The minimum atomic E-state index is 0.870. The van der Waals surface area contributed by atoms with Crippen molar-refractivity contribution in [2.75, 3.05) is 0 Å². The first kappa shape index (κ1) is 33.3. The van der Waals surface area contributed by atoms with Crippen molar-refractivity contribution in [1.29, 1.82) is 0 Å². The maximum atomic E-state index is 5.35. The number of benzene rings is 10. The molecule has 0 fully saturated rings. The molecular formula is C56H35N3. The van der Waals surface area contributed by atoms with E-state index in [1.165, 1.54) is 65.6 Å². The molecule has 0 N–H and O–H groups in total. The van der Waals surface area contributed by atoms with Crippen LogP contribution in [-0.4, -0.2) is 14.5 Å². The van der Waals surface area contributed by atoms with Crippen LogP contribution in [0.2, 0.25) is 0 Å². The van der Waals surface area contributed by atoms with Crippen LogP contribution in [0.15, 0.2) is 212 Å². The van der Waals surface area contributed by atoms with E-state index in [2.05, 4.69) is 193 Å². The number of hydrogen-bond donors (Lipinski definition) is 0. The Morgan fingerprint density at radius 2 is 0.695 bits per heavy atom. The molecule has 0 bridgehead atoms. The van der Waals surface area contributed by atoms with Crippen molar-refractivity contribution >= 4 is 65.2 Å². The van der Waals surface area contributed by atoms with Crippen LogP contribution in [0, 0.1) is 0 Å². The maximum Gasteiger partial charge on any atom is 0.0979 e. The molecule has 12 rings (SSSR count). The van der Waals surface area contributed by atoms with Crippen molar-refractivity contribution < 1.29 is 0 Å². The third-order valence-electron chi connectivity index (χ3n) is 12.0. The monoisotopic (exact) mass is 749 g/mol. The van der Waals surface area contributed by atoms with Crippen molar-refractivity contribution in [2.24, 2.45) is 0 Å². The molecular weight excluding hydrogens is 715 g/mol. The third-order valence-corrected chi connectivity index (χ3v) is 12.0. The van der Waals surface area contributed by atoms with E-state index in [0.717, 1.165) is 50.0 Å². The lowest BCUT2D eigenvalue weighted by Gasteiger charge is -2.17. The molecule has 0 amide bonds. The molecule has 0 aliphatic carbocycles.